The summed E-state index contributed by atoms with van der Waals surface area (Å²) in [5.74, 6) is -0.0787. The number of nitrogens with zero attached hydrogens (tertiary/aromatic N) is 1. The Bertz CT molecular complexity index is 414. The third-order valence-corrected chi connectivity index (χ3v) is 4.40. The Hall–Kier alpha value is -0.940. The summed E-state index contributed by atoms with van der Waals surface area (Å²) in [5.41, 5.74) is 2.21. The number of nitrogens with one attached hydrogen (secondary N) is 1. The van der Waals surface area contributed by atoms with E-state index in [1.165, 1.54) is 11.3 Å². The lowest BCUT2D eigenvalue weighted by molar-refractivity contribution is -0.0689. The molecule has 16 heavy (non-hydrogen) atoms. The molecule has 1 heterocycles. The van der Waals surface area contributed by atoms with Gasteiger partial charge in [-0.3, -0.25) is 4.79 Å². The van der Waals surface area contributed by atoms with E-state index < -0.39 is 0 Å². The molecule has 1 fully saturated rings. The maximum absolute atomic E-state index is 11.9. The van der Waals surface area contributed by atoms with Crippen molar-refractivity contribution in [1.82, 2.24) is 10.3 Å². The number of hydrogen-bond donors (Lipinski definition) is 2. The molecular formula is C11H16N2O2S. The number of rotatable bonds is 2. The molecule has 0 aromatic carbocycles. The first kappa shape index (κ1) is 11.5. The largest absolute Gasteiger partial charge is 0.392 e. The standard InChI is InChI=1S/C11H16N2O2S/c1-6-9(16-5-12-6)10(15)13-7-4-8(14)11(7,2)3/h5,7-8,14H,4H2,1-3H3,(H,13,15). The molecule has 0 bridgehead atoms. The third kappa shape index (κ3) is 1.74. The molecule has 2 atom stereocenters. The summed E-state index contributed by atoms with van der Waals surface area (Å²) in [5, 5.41) is 12.5. The number of hydrogen-bond acceptors (Lipinski definition) is 4. The Morgan fingerprint density at radius 3 is 2.81 bits per heavy atom. The fraction of sp³-hybridized carbons (Fsp3) is 0.636. The van der Waals surface area contributed by atoms with Crippen molar-refractivity contribution in [2.24, 2.45) is 5.41 Å². The van der Waals surface area contributed by atoms with Crippen LogP contribution in [0.25, 0.3) is 0 Å². The van der Waals surface area contributed by atoms with Gasteiger partial charge in [0.1, 0.15) is 4.88 Å². The van der Waals surface area contributed by atoms with Crippen LogP contribution in [0.15, 0.2) is 5.51 Å². The fourth-order valence-electron chi connectivity index (χ4n) is 1.89. The van der Waals surface area contributed by atoms with Crippen LogP contribution in [0.1, 0.15) is 35.6 Å². The molecule has 0 spiro atoms. The van der Waals surface area contributed by atoms with Gasteiger partial charge in [-0.15, -0.1) is 11.3 Å². The van der Waals surface area contributed by atoms with E-state index in [2.05, 4.69) is 10.3 Å². The van der Waals surface area contributed by atoms with Gasteiger partial charge in [-0.05, 0) is 13.3 Å². The van der Waals surface area contributed by atoms with E-state index in [1.807, 2.05) is 20.8 Å². The van der Waals surface area contributed by atoms with Crippen LogP contribution in [0.5, 0.6) is 0 Å². The van der Waals surface area contributed by atoms with Crippen LogP contribution in [-0.2, 0) is 0 Å². The SMILES string of the molecule is Cc1ncsc1C(=O)NC1CC(O)C1(C)C. The van der Waals surface area contributed by atoms with Crippen LogP contribution in [0.2, 0.25) is 0 Å². The average molecular weight is 240 g/mol. The zero-order valence-corrected chi connectivity index (χ0v) is 10.5. The van der Waals surface area contributed by atoms with E-state index in [0.29, 0.717) is 11.3 Å². The van der Waals surface area contributed by atoms with Gasteiger partial charge in [-0.2, -0.15) is 0 Å². The first-order chi connectivity index (χ1) is 7.43. The van der Waals surface area contributed by atoms with Crippen molar-refractivity contribution in [3.63, 3.8) is 0 Å². The van der Waals surface area contributed by atoms with Crippen molar-refractivity contribution < 1.29 is 9.90 Å². The second kappa shape index (κ2) is 3.82. The van der Waals surface area contributed by atoms with Crippen LogP contribution in [-0.4, -0.2) is 28.1 Å². The molecule has 2 N–H and O–H groups in total. The van der Waals surface area contributed by atoms with Crippen molar-refractivity contribution in [3.8, 4) is 0 Å². The van der Waals surface area contributed by atoms with Crippen LogP contribution in [0, 0.1) is 12.3 Å². The first-order valence-corrected chi connectivity index (χ1v) is 6.20. The minimum Gasteiger partial charge on any atom is -0.392 e. The Balaban J connectivity index is 2.02. The van der Waals surface area contributed by atoms with E-state index in [0.717, 1.165) is 5.69 Å². The molecule has 1 saturated carbocycles. The van der Waals surface area contributed by atoms with Gasteiger partial charge in [0.15, 0.2) is 0 Å². The van der Waals surface area contributed by atoms with Crippen molar-refractivity contribution >= 4 is 17.2 Å². The fourth-order valence-corrected chi connectivity index (χ4v) is 2.60. The van der Waals surface area contributed by atoms with Crippen molar-refractivity contribution in [1.29, 1.82) is 0 Å². The molecule has 1 aromatic rings. The smallest absolute Gasteiger partial charge is 0.263 e. The second-order valence-corrected chi connectivity index (χ2v) is 5.72. The summed E-state index contributed by atoms with van der Waals surface area (Å²) in [7, 11) is 0. The van der Waals surface area contributed by atoms with Gasteiger partial charge in [0.25, 0.3) is 5.91 Å². The number of aromatic nitrogens is 1. The van der Waals surface area contributed by atoms with Crippen LogP contribution >= 0.6 is 11.3 Å². The number of carbonyl (C=O) groups is 1. The maximum Gasteiger partial charge on any atom is 0.263 e. The lowest BCUT2D eigenvalue weighted by Gasteiger charge is -2.49. The van der Waals surface area contributed by atoms with Gasteiger partial charge >= 0.3 is 0 Å². The molecule has 5 heteroatoms. The van der Waals surface area contributed by atoms with Gasteiger partial charge in [-0.1, -0.05) is 13.8 Å². The van der Waals surface area contributed by atoms with Crippen LogP contribution < -0.4 is 5.32 Å². The summed E-state index contributed by atoms with van der Waals surface area (Å²) in [6.07, 6.45) is 0.316. The van der Waals surface area contributed by atoms with Gasteiger partial charge < -0.3 is 10.4 Å². The average Bonchev–Trinajstić information content (AvgIpc) is 2.64. The monoisotopic (exact) mass is 240 g/mol. The summed E-state index contributed by atoms with van der Waals surface area (Å²) in [4.78, 5) is 16.6. The minimum absolute atomic E-state index is 0.0523. The summed E-state index contributed by atoms with van der Waals surface area (Å²) in [6.45, 7) is 5.75. The molecule has 4 nitrogen and oxygen atoms in total. The van der Waals surface area contributed by atoms with Gasteiger partial charge in [-0.25, -0.2) is 4.98 Å². The molecule has 1 aromatic heterocycles. The molecule has 2 rings (SSSR count). The van der Waals surface area contributed by atoms with E-state index in [-0.39, 0.29) is 23.5 Å². The lowest BCUT2D eigenvalue weighted by atomic mass is 9.64. The Labute approximate surface area is 98.7 Å². The second-order valence-electron chi connectivity index (χ2n) is 4.87. The number of aliphatic hydroxyl groups is 1. The number of aliphatic hydroxyl groups excluding tert-OH is 1. The Morgan fingerprint density at radius 1 is 1.69 bits per heavy atom. The third-order valence-electron chi connectivity index (χ3n) is 3.47. The molecular weight excluding hydrogens is 224 g/mol. The highest BCUT2D eigenvalue weighted by Crippen LogP contribution is 2.40. The van der Waals surface area contributed by atoms with Crippen molar-refractivity contribution in [3.05, 3.63) is 16.1 Å². The van der Waals surface area contributed by atoms with Gasteiger partial charge in [0.05, 0.1) is 17.3 Å². The highest BCUT2D eigenvalue weighted by atomic mass is 32.1. The number of aryl methyl sites for hydroxylation is 1. The van der Waals surface area contributed by atoms with Gasteiger partial charge in [0, 0.05) is 11.5 Å². The van der Waals surface area contributed by atoms with Crippen LogP contribution in [0.4, 0.5) is 0 Å². The molecule has 2 unspecified atom stereocenters. The molecule has 0 radical (unpaired) electrons. The maximum atomic E-state index is 11.9. The van der Waals surface area contributed by atoms with Crippen molar-refractivity contribution in [2.45, 2.75) is 39.3 Å². The highest BCUT2D eigenvalue weighted by molar-refractivity contribution is 7.11. The molecule has 1 aliphatic carbocycles. The molecule has 88 valence electrons. The quantitative estimate of drug-likeness (QED) is 0.820. The van der Waals surface area contributed by atoms with E-state index in [1.54, 1.807) is 5.51 Å². The number of amides is 1. The number of carbonyl (C=O) groups excluding carboxylic acids is 1. The number of thiazole rings is 1. The van der Waals surface area contributed by atoms with Crippen LogP contribution in [0.3, 0.4) is 0 Å². The summed E-state index contributed by atoms with van der Waals surface area (Å²) >= 11 is 1.35. The van der Waals surface area contributed by atoms with E-state index in [9.17, 15) is 9.90 Å². The minimum atomic E-state index is -0.319. The summed E-state index contributed by atoms with van der Waals surface area (Å²) in [6, 6.07) is 0.0523. The van der Waals surface area contributed by atoms with Gasteiger partial charge in [0.2, 0.25) is 0 Å². The predicted molar refractivity (Wildman–Crippen MR) is 62.5 cm³/mol. The Morgan fingerprint density at radius 2 is 2.38 bits per heavy atom. The Kier molecular flexibility index (Phi) is 2.75. The van der Waals surface area contributed by atoms with E-state index >= 15 is 0 Å². The predicted octanol–water partition coefficient (Wildman–Crippen LogP) is 1.34. The molecule has 1 amide bonds. The van der Waals surface area contributed by atoms with Crippen molar-refractivity contribution in [2.75, 3.05) is 0 Å². The first-order valence-electron chi connectivity index (χ1n) is 5.32. The van der Waals surface area contributed by atoms with E-state index in [4.69, 9.17) is 0 Å². The molecule has 0 aliphatic heterocycles. The molecule has 0 saturated heterocycles. The zero-order valence-electron chi connectivity index (χ0n) is 9.65. The zero-order chi connectivity index (χ0) is 11.9. The summed E-state index contributed by atoms with van der Waals surface area (Å²) < 4.78 is 0. The lowest BCUT2D eigenvalue weighted by Crippen LogP contribution is -2.61. The normalized spacial score (nSPS) is 27.2. The highest BCUT2D eigenvalue weighted by Gasteiger charge is 2.48. The molecule has 1 aliphatic rings. The topological polar surface area (TPSA) is 62.2 Å².